The van der Waals surface area contributed by atoms with Gasteiger partial charge in [-0.15, -0.1) is 0 Å². The van der Waals surface area contributed by atoms with Gasteiger partial charge in [-0.05, 0) is 53.8 Å². The third kappa shape index (κ3) is 5.66. The van der Waals surface area contributed by atoms with Crippen molar-refractivity contribution in [3.05, 3.63) is 51.0 Å². The second-order valence-electron chi connectivity index (χ2n) is 3.90. The monoisotopic (exact) mass is 409 g/mol. The van der Waals surface area contributed by atoms with Gasteiger partial charge in [0.05, 0.1) is 5.69 Å². The molecular formula is C13H11F3IN3O. The number of carbonyl (C=O) groups is 1. The number of pyridine rings is 2. The van der Waals surface area contributed by atoms with Crippen LogP contribution >= 0.6 is 22.6 Å². The van der Waals surface area contributed by atoms with Crippen LogP contribution < -0.4 is 5.73 Å². The first-order chi connectivity index (χ1) is 9.74. The van der Waals surface area contributed by atoms with Crippen LogP contribution in [-0.4, -0.2) is 16.3 Å². The van der Waals surface area contributed by atoms with Gasteiger partial charge in [-0.1, -0.05) is 0 Å². The van der Waals surface area contributed by atoms with E-state index in [0.29, 0.717) is 12.1 Å². The van der Waals surface area contributed by atoms with Gasteiger partial charge >= 0.3 is 6.18 Å². The predicted molar refractivity (Wildman–Crippen MR) is 80.7 cm³/mol. The number of hydrogen-bond acceptors (Lipinski definition) is 4. The van der Waals surface area contributed by atoms with E-state index in [0.717, 1.165) is 27.6 Å². The van der Waals surface area contributed by atoms with E-state index in [1.54, 1.807) is 6.07 Å². The molecule has 21 heavy (non-hydrogen) atoms. The van der Waals surface area contributed by atoms with Crippen LogP contribution in [0.4, 0.5) is 19.0 Å². The molecule has 0 saturated carbocycles. The summed E-state index contributed by atoms with van der Waals surface area (Å²) in [5.74, 6) is 0.591. The first-order valence-electron chi connectivity index (χ1n) is 5.61. The number of alkyl halides is 3. The molecule has 0 radical (unpaired) electrons. The Morgan fingerprint density at radius 1 is 1.24 bits per heavy atom. The molecule has 0 spiro atoms. The van der Waals surface area contributed by atoms with Crippen molar-refractivity contribution in [1.82, 2.24) is 9.97 Å². The van der Waals surface area contributed by atoms with Crippen LogP contribution in [0.5, 0.6) is 0 Å². The van der Waals surface area contributed by atoms with Crippen LogP contribution in [0.25, 0.3) is 0 Å². The Morgan fingerprint density at radius 2 is 1.90 bits per heavy atom. The summed E-state index contributed by atoms with van der Waals surface area (Å²) in [7, 11) is 0. The van der Waals surface area contributed by atoms with Crippen molar-refractivity contribution in [1.29, 1.82) is 0 Å². The predicted octanol–water partition coefficient (Wildman–Crippen LogP) is 3.49. The number of nitrogen functional groups attached to an aromatic ring is 1. The Labute approximate surface area is 132 Å². The summed E-state index contributed by atoms with van der Waals surface area (Å²) in [6.07, 6.45) is -3.12. The number of aryl methyl sites for hydroxylation is 1. The molecule has 0 bridgehead atoms. The molecule has 0 fully saturated rings. The Bertz CT molecular complexity index is 615. The lowest BCUT2D eigenvalue weighted by atomic mass is 10.3. The standard InChI is InChI=1S/C7H4F3NO.C6H7IN2/c8-7(9,10)6-2-1-5(4-12)3-11-6;1-4-5(7)2-3-6(8)9-4/h1-4H;2-3H,1H3,(H2,8,9). The highest BCUT2D eigenvalue weighted by molar-refractivity contribution is 14.1. The molecule has 0 amide bonds. The number of anilines is 1. The van der Waals surface area contributed by atoms with E-state index >= 15 is 0 Å². The van der Waals surface area contributed by atoms with Crippen molar-refractivity contribution in [3.8, 4) is 0 Å². The highest BCUT2D eigenvalue weighted by Crippen LogP contribution is 2.26. The first kappa shape index (κ1) is 17.3. The van der Waals surface area contributed by atoms with Crippen molar-refractivity contribution in [2.24, 2.45) is 0 Å². The SMILES string of the molecule is Cc1nc(N)ccc1I.O=Cc1ccc(C(F)(F)F)nc1. The summed E-state index contributed by atoms with van der Waals surface area (Å²) in [5, 5.41) is 0. The Kier molecular flexibility index (Phi) is 6.06. The van der Waals surface area contributed by atoms with E-state index < -0.39 is 11.9 Å². The minimum Gasteiger partial charge on any atom is -0.384 e. The second-order valence-corrected chi connectivity index (χ2v) is 5.06. The van der Waals surface area contributed by atoms with Gasteiger partial charge in [0.1, 0.15) is 11.5 Å². The van der Waals surface area contributed by atoms with Crippen molar-refractivity contribution in [3.63, 3.8) is 0 Å². The zero-order valence-electron chi connectivity index (χ0n) is 10.9. The minimum absolute atomic E-state index is 0.128. The molecule has 0 aliphatic heterocycles. The number of aromatic nitrogens is 2. The van der Waals surface area contributed by atoms with Crippen molar-refractivity contribution < 1.29 is 18.0 Å². The maximum atomic E-state index is 11.9. The normalized spacial score (nSPS) is 10.5. The number of hydrogen-bond donors (Lipinski definition) is 1. The number of aldehydes is 1. The average molecular weight is 409 g/mol. The summed E-state index contributed by atoms with van der Waals surface area (Å²) in [4.78, 5) is 17.2. The molecule has 2 rings (SSSR count). The van der Waals surface area contributed by atoms with Crippen LogP contribution in [0.1, 0.15) is 21.7 Å². The van der Waals surface area contributed by atoms with Crippen LogP contribution in [0.15, 0.2) is 30.5 Å². The molecule has 2 heterocycles. The van der Waals surface area contributed by atoms with Crippen LogP contribution in [0.2, 0.25) is 0 Å². The van der Waals surface area contributed by atoms with Gasteiger partial charge in [0.15, 0.2) is 6.29 Å². The lowest BCUT2D eigenvalue weighted by Gasteiger charge is -2.03. The largest absolute Gasteiger partial charge is 0.433 e. The second kappa shape index (κ2) is 7.34. The topological polar surface area (TPSA) is 68.9 Å². The van der Waals surface area contributed by atoms with Gasteiger partial charge in [-0.2, -0.15) is 13.2 Å². The molecule has 0 aliphatic carbocycles. The van der Waals surface area contributed by atoms with E-state index in [4.69, 9.17) is 5.73 Å². The quantitative estimate of drug-likeness (QED) is 0.579. The Morgan fingerprint density at radius 3 is 2.29 bits per heavy atom. The fourth-order valence-corrected chi connectivity index (χ4v) is 1.51. The van der Waals surface area contributed by atoms with Crippen LogP contribution in [0.3, 0.4) is 0 Å². The smallest absolute Gasteiger partial charge is 0.384 e. The van der Waals surface area contributed by atoms with Crippen molar-refractivity contribution in [2.45, 2.75) is 13.1 Å². The molecule has 2 aromatic rings. The van der Waals surface area contributed by atoms with Gasteiger partial charge < -0.3 is 5.73 Å². The van der Waals surface area contributed by atoms with E-state index in [-0.39, 0.29) is 5.56 Å². The Hall–Kier alpha value is -1.71. The number of nitrogens with two attached hydrogens (primary N) is 1. The lowest BCUT2D eigenvalue weighted by Crippen LogP contribution is -2.07. The molecule has 4 nitrogen and oxygen atoms in total. The zero-order valence-corrected chi connectivity index (χ0v) is 13.0. The number of halogens is 4. The van der Waals surface area contributed by atoms with E-state index in [1.807, 2.05) is 13.0 Å². The molecule has 112 valence electrons. The van der Waals surface area contributed by atoms with Gasteiger partial charge in [0.2, 0.25) is 0 Å². The molecule has 0 atom stereocenters. The third-order valence-electron chi connectivity index (χ3n) is 2.26. The fourth-order valence-electron chi connectivity index (χ4n) is 1.21. The highest BCUT2D eigenvalue weighted by Gasteiger charge is 2.31. The molecule has 0 aromatic carbocycles. The highest BCUT2D eigenvalue weighted by atomic mass is 127. The number of rotatable bonds is 1. The average Bonchev–Trinajstić information content (AvgIpc) is 2.43. The molecule has 8 heteroatoms. The molecule has 0 saturated heterocycles. The lowest BCUT2D eigenvalue weighted by molar-refractivity contribution is -0.141. The Balaban J connectivity index is 0.000000219. The molecule has 0 unspecified atom stereocenters. The van der Waals surface area contributed by atoms with Gasteiger partial charge in [0.25, 0.3) is 0 Å². The van der Waals surface area contributed by atoms with Crippen molar-refractivity contribution in [2.75, 3.05) is 5.73 Å². The summed E-state index contributed by atoms with van der Waals surface area (Å²) in [6, 6.07) is 5.60. The molecule has 2 aromatic heterocycles. The summed E-state index contributed by atoms with van der Waals surface area (Å²) in [5.41, 5.74) is 5.54. The van der Waals surface area contributed by atoms with Gasteiger partial charge in [-0.3, -0.25) is 9.78 Å². The van der Waals surface area contributed by atoms with Gasteiger partial charge in [-0.25, -0.2) is 4.98 Å². The van der Waals surface area contributed by atoms with Crippen LogP contribution in [0, 0.1) is 10.5 Å². The zero-order chi connectivity index (χ0) is 16.0. The minimum atomic E-state index is -4.44. The summed E-state index contributed by atoms with van der Waals surface area (Å²) >= 11 is 2.22. The van der Waals surface area contributed by atoms with Gasteiger partial charge in [0, 0.05) is 15.3 Å². The van der Waals surface area contributed by atoms with E-state index in [1.165, 1.54) is 0 Å². The number of carbonyl (C=O) groups excluding carboxylic acids is 1. The maximum Gasteiger partial charge on any atom is 0.433 e. The number of nitrogens with zero attached hydrogens (tertiary/aromatic N) is 2. The molecule has 0 aliphatic rings. The first-order valence-corrected chi connectivity index (χ1v) is 6.69. The summed E-state index contributed by atoms with van der Waals surface area (Å²) < 4.78 is 36.8. The third-order valence-corrected chi connectivity index (χ3v) is 3.40. The maximum absolute atomic E-state index is 11.9. The van der Waals surface area contributed by atoms with E-state index in [2.05, 4.69) is 32.6 Å². The van der Waals surface area contributed by atoms with Crippen molar-refractivity contribution >= 4 is 34.7 Å². The van der Waals surface area contributed by atoms with Crippen LogP contribution in [-0.2, 0) is 6.18 Å². The molecular weight excluding hydrogens is 398 g/mol. The summed E-state index contributed by atoms with van der Waals surface area (Å²) in [6.45, 7) is 1.94. The van der Waals surface area contributed by atoms with E-state index in [9.17, 15) is 18.0 Å². The fraction of sp³-hybridized carbons (Fsp3) is 0.154. The molecule has 2 N–H and O–H groups in total.